The summed E-state index contributed by atoms with van der Waals surface area (Å²) < 4.78 is 62.9. The van der Waals surface area contributed by atoms with Crippen LogP contribution in [0.1, 0.15) is 12.0 Å². The summed E-state index contributed by atoms with van der Waals surface area (Å²) in [5.74, 6) is -1.25. The topological polar surface area (TPSA) is 83.5 Å². The zero-order chi connectivity index (χ0) is 15.6. The van der Waals surface area contributed by atoms with Crippen LogP contribution in [0, 0.1) is 0 Å². The van der Waals surface area contributed by atoms with Gasteiger partial charge in [-0.15, -0.1) is 0 Å². The van der Waals surface area contributed by atoms with Gasteiger partial charge in [0.2, 0.25) is 10.0 Å². The number of benzene rings is 1. The normalized spacial score (nSPS) is 12.4. The molecule has 0 saturated carbocycles. The molecule has 1 rings (SSSR count). The number of rotatable bonds is 5. The van der Waals surface area contributed by atoms with E-state index in [0.717, 1.165) is 6.07 Å². The number of carbonyl (C=O) groups is 1. The Kier molecular flexibility index (Phi) is 5.00. The summed E-state index contributed by atoms with van der Waals surface area (Å²) in [5.41, 5.74) is -1.17. The number of nitrogens with one attached hydrogen (secondary N) is 1. The molecule has 0 aromatic heterocycles. The van der Waals surface area contributed by atoms with E-state index >= 15 is 0 Å². The number of alkyl halides is 3. The third-order valence-electron chi connectivity index (χ3n) is 2.18. The van der Waals surface area contributed by atoms with Gasteiger partial charge in [-0.05, 0) is 18.2 Å². The Labute approximate surface area is 117 Å². The Morgan fingerprint density at radius 2 is 1.95 bits per heavy atom. The predicted molar refractivity (Wildman–Crippen MR) is 63.9 cm³/mol. The van der Waals surface area contributed by atoms with E-state index in [2.05, 4.69) is 0 Å². The van der Waals surface area contributed by atoms with Gasteiger partial charge in [0.25, 0.3) is 0 Å². The number of halogens is 4. The molecule has 20 heavy (non-hydrogen) atoms. The zero-order valence-electron chi connectivity index (χ0n) is 9.74. The minimum Gasteiger partial charge on any atom is -0.481 e. The molecular weight excluding hydrogens is 323 g/mol. The largest absolute Gasteiger partial charge is 0.481 e. The van der Waals surface area contributed by atoms with E-state index in [1.165, 1.54) is 0 Å². The van der Waals surface area contributed by atoms with Gasteiger partial charge in [-0.3, -0.25) is 4.79 Å². The van der Waals surface area contributed by atoms with Gasteiger partial charge >= 0.3 is 12.1 Å². The van der Waals surface area contributed by atoms with Gasteiger partial charge in [-0.2, -0.15) is 13.2 Å². The van der Waals surface area contributed by atoms with E-state index in [-0.39, 0.29) is 5.02 Å². The summed E-state index contributed by atoms with van der Waals surface area (Å²) in [6.45, 7) is -0.454. The van der Waals surface area contributed by atoms with Gasteiger partial charge < -0.3 is 5.11 Å². The lowest BCUT2D eigenvalue weighted by molar-refractivity contribution is -0.138. The molecule has 0 amide bonds. The summed E-state index contributed by atoms with van der Waals surface area (Å²) in [5, 5.41) is 7.99. The van der Waals surface area contributed by atoms with Gasteiger partial charge in [0.1, 0.15) is 4.90 Å². The summed E-state index contributed by atoms with van der Waals surface area (Å²) in [7, 11) is -4.31. The lowest BCUT2D eigenvalue weighted by atomic mass is 10.2. The van der Waals surface area contributed by atoms with Gasteiger partial charge in [-0.25, -0.2) is 13.1 Å². The summed E-state index contributed by atoms with van der Waals surface area (Å²) >= 11 is 5.57. The van der Waals surface area contributed by atoms with E-state index < -0.39 is 45.6 Å². The molecule has 0 fully saturated rings. The first-order valence-electron chi connectivity index (χ1n) is 5.12. The van der Waals surface area contributed by atoms with Crippen molar-refractivity contribution in [3.63, 3.8) is 0 Å². The maximum atomic E-state index is 12.5. The van der Waals surface area contributed by atoms with Crippen LogP contribution in [0.2, 0.25) is 5.02 Å². The molecule has 0 aliphatic rings. The van der Waals surface area contributed by atoms with Crippen molar-refractivity contribution in [2.24, 2.45) is 0 Å². The number of hydrogen-bond donors (Lipinski definition) is 2. The van der Waals surface area contributed by atoms with Crippen LogP contribution in [0.5, 0.6) is 0 Å². The lowest BCUT2D eigenvalue weighted by Crippen LogP contribution is -2.26. The SMILES string of the molecule is O=C(O)CCNS(=O)(=O)c1cc(C(F)(F)F)ccc1Cl. The van der Waals surface area contributed by atoms with Crippen LogP contribution in [-0.4, -0.2) is 26.0 Å². The van der Waals surface area contributed by atoms with Crippen LogP contribution in [0.4, 0.5) is 13.2 Å². The molecule has 0 aliphatic carbocycles. The van der Waals surface area contributed by atoms with E-state index in [0.29, 0.717) is 12.1 Å². The molecular formula is C10H9ClF3NO4S. The summed E-state index contributed by atoms with van der Waals surface area (Å²) in [6, 6.07) is 1.86. The fourth-order valence-electron chi connectivity index (χ4n) is 1.26. The van der Waals surface area contributed by atoms with Gasteiger partial charge in [-0.1, -0.05) is 11.6 Å². The fourth-order valence-corrected chi connectivity index (χ4v) is 2.81. The smallest absolute Gasteiger partial charge is 0.416 e. The van der Waals surface area contributed by atoms with Crippen LogP contribution in [-0.2, 0) is 21.0 Å². The first kappa shape index (κ1) is 16.7. The number of carboxylic acids is 1. The van der Waals surface area contributed by atoms with Gasteiger partial charge in [0, 0.05) is 6.54 Å². The third-order valence-corrected chi connectivity index (χ3v) is 4.12. The molecule has 0 heterocycles. The predicted octanol–water partition coefficient (Wildman–Crippen LogP) is 2.11. The van der Waals surface area contributed by atoms with Gasteiger partial charge in [0.15, 0.2) is 0 Å². The first-order chi connectivity index (χ1) is 9.04. The maximum Gasteiger partial charge on any atom is 0.416 e. The highest BCUT2D eigenvalue weighted by Gasteiger charge is 2.32. The Hall–Kier alpha value is -1.32. The van der Waals surface area contributed by atoms with Crippen molar-refractivity contribution in [2.45, 2.75) is 17.5 Å². The fraction of sp³-hybridized carbons (Fsp3) is 0.300. The van der Waals surface area contributed by atoms with Crippen molar-refractivity contribution in [1.82, 2.24) is 4.72 Å². The molecule has 0 aliphatic heterocycles. The molecule has 0 bridgehead atoms. The molecule has 112 valence electrons. The maximum absolute atomic E-state index is 12.5. The van der Waals surface area contributed by atoms with Crippen LogP contribution in [0.15, 0.2) is 23.1 Å². The quantitative estimate of drug-likeness (QED) is 0.865. The van der Waals surface area contributed by atoms with Crippen molar-refractivity contribution < 1.29 is 31.5 Å². The average Bonchev–Trinajstić information content (AvgIpc) is 2.26. The number of carboxylic acid groups (broad SMARTS) is 1. The van der Waals surface area contributed by atoms with Crippen molar-refractivity contribution >= 4 is 27.6 Å². The molecule has 0 atom stereocenters. The van der Waals surface area contributed by atoms with Gasteiger partial charge in [0.05, 0.1) is 17.0 Å². The van der Waals surface area contributed by atoms with Crippen molar-refractivity contribution in [2.75, 3.05) is 6.54 Å². The Morgan fingerprint density at radius 3 is 2.45 bits per heavy atom. The molecule has 0 unspecified atom stereocenters. The van der Waals surface area contributed by atoms with E-state index in [1.54, 1.807) is 0 Å². The Morgan fingerprint density at radius 1 is 1.35 bits per heavy atom. The second-order valence-electron chi connectivity index (χ2n) is 3.68. The molecule has 0 saturated heterocycles. The number of hydrogen-bond acceptors (Lipinski definition) is 3. The highest BCUT2D eigenvalue weighted by atomic mass is 35.5. The number of sulfonamides is 1. The molecule has 10 heteroatoms. The minimum atomic E-state index is -4.71. The van der Waals surface area contributed by atoms with Crippen molar-refractivity contribution in [1.29, 1.82) is 0 Å². The highest BCUT2D eigenvalue weighted by molar-refractivity contribution is 7.89. The number of aliphatic carboxylic acids is 1. The standard InChI is InChI=1S/C10H9ClF3NO4S/c11-7-2-1-6(10(12,13)14)5-8(7)20(18,19)15-4-3-9(16)17/h1-2,5,15H,3-4H2,(H,16,17). The molecule has 5 nitrogen and oxygen atoms in total. The second kappa shape index (κ2) is 5.98. The van der Waals surface area contributed by atoms with E-state index in [1.807, 2.05) is 4.72 Å². The molecule has 1 aromatic carbocycles. The average molecular weight is 332 g/mol. The van der Waals surface area contributed by atoms with Crippen LogP contribution < -0.4 is 4.72 Å². The third kappa shape index (κ3) is 4.36. The highest BCUT2D eigenvalue weighted by Crippen LogP contribution is 2.33. The molecule has 1 aromatic rings. The second-order valence-corrected chi connectivity index (χ2v) is 5.83. The Bertz CT molecular complexity index is 615. The van der Waals surface area contributed by atoms with Crippen LogP contribution >= 0.6 is 11.6 Å². The zero-order valence-corrected chi connectivity index (χ0v) is 11.3. The summed E-state index contributed by atoms with van der Waals surface area (Å²) in [6.07, 6.45) is -5.22. The van der Waals surface area contributed by atoms with Crippen molar-refractivity contribution in [3.8, 4) is 0 Å². The van der Waals surface area contributed by atoms with E-state index in [4.69, 9.17) is 16.7 Å². The van der Waals surface area contributed by atoms with Crippen molar-refractivity contribution in [3.05, 3.63) is 28.8 Å². The Balaban J connectivity index is 3.08. The van der Waals surface area contributed by atoms with Crippen LogP contribution in [0.25, 0.3) is 0 Å². The monoisotopic (exact) mass is 331 g/mol. The molecule has 0 radical (unpaired) electrons. The van der Waals surface area contributed by atoms with E-state index in [9.17, 15) is 26.4 Å². The van der Waals surface area contributed by atoms with Crippen LogP contribution in [0.3, 0.4) is 0 Å². The minimum absolute atomic E-state index is 0.388. The first-order valence-corrected chi connectivity index (χ1v) is 6.98. The molecule has 2 N–H and O–H groups in total. The molecule has 0 spiro atoms. The lowest BCUT2D eigenvalue weighted by Gasteiger charge is -2.11. The summed E-state index contributed by atoms with van der Waals surface area (Å²) in [4.78, 5) is 9.51.